The number of hydrogen-bond donors (Lipinski definition) is 1. The highest BCUT2D eigenvalue weighted by Crippen LogP contribution is 2.26. The van der Waals surface area contributed by atoms with Crippen LogP contribution in [0, 0.1) is 6.92 Å². The topological polar surface area (TPSA) is 46.3 Å². The predicted molar refractivity (Wildman–Crippen MR) is 78.0 cm³/mol. The molecule has 98 valence electrons. The first kappa shape index (κ1) is 13.3. The lowest BCUT2D eigenvalue weighted by atomic mass is 10.1. The molecule has 0 aliphatic carbocycles. The maximum absolute atomic E-state index is 12.5. The quantitative estimate of drug-likeness (QED) is 0.793. The Labute approximate surface area is 113 Å². The molecule has 0 aromatic heterocycles. The molecule has 3 nitrogen and oxygen atoms in total. The standard InChI is InChI=1S/C14H20N2OS/c1-9-7-16(8-10(2)18-9)14(17)12-5-4-6-13(15)11(12)3/h4-6,9-10H,7-8,15H2,1-3H3. The van der Waals surface area contributed by atoms with Crippen LogP contribution in [0.1, 0.15) is 29.8 Å². The van der Waals surface area contributed by atoms with Gasteiger partial charge in [0, 0.05) is 34.8 Å². The molecule has 2 rings (SSSR count). The summed E-state index contributed by atoms with van der Waals surface area (Å²) in [7, 11) is 0. The highest BCUT2D eigenvalue weighted by molar-refractivity contribution is 8.00. The van der Waals surface area contributed by atoms with Gasteiger partial charge < -0.3 is 10.6 Å². The van der Waals surface area contributed by atoms with Crippen LogP contribution in [0.2, 0.25) is 0 Å². The fourth-order valence-electron chi connectivity index (χ4n) is 2.40. The minimum Gasteiger partial charge on any atom is -0.398 e. The summed E-state index contributed by atoms with van der Waals surface area (Å²) < 4.78 is 0. The molecule has 2 N–H and O–H groups in total. The largest absolute Gasteiger partial charge is 0.398 e. The van der Waals surface area contributed by atoms with E-state index in [1.54, 1.807) is 0 Å². The van der Waals surface area contributed by atoms with Gasteiger partial charge in [0.2, 0.25) is 0 Å². The number of nitrogens with two attached hydrogens (primary N) is 1. The number of hydrogen-bond acceptors (Lipinski definition) is 3. The van der Waals surface area contributed by atoms with E-state index >= 15 is 0 Å². The van der Waals surface area contributed by atoms with Gasteiger partial charge in [-0.3, -0.25) is 4.79 Å². The molecule has 1 saturated heterocycles. The van der Waals surface area contributed by atoms with Gasteiger partial charge >= 0.3 is 0 Å². The molecule has 1 heterocycles. The lowest BCUT2D eigenvalue weighted by molar-refractivity contribution is 0.0752. The first-order valence-electron chi connectivity index (χ1n) is 6.29. The van der Waals surface area contributed by atoms with E-state index in [1.807, 2.05) is 41.8 Å². The summed E-state index contributed by atoms with van der Waals surface area (Å²) in [5.41, 5.74) is 8.18. The van der Waals surface area contributed by atoms with Crippen LogP contribution in [-0.4, -0.2) is 34.4 Å². The van der Waals surface area contributed by atoms with E-state index in [1.165, 1.54) is 0 Å². The maximum atomic E-state index is 12.5. The molecule has 1 aliphatic heterocycles. The SMILES string of the molecule is Cc1c(N)cccc1C(=O)N1CC(C)SC(C)C1. The molecule has 1 amide bonds. The van der Waals surface area contributed by atoms with Crippen LogP contribution in [0.4, 0.5) is 5.69 Å². The third-order valence-corrected chi connectivity index (χ3v) is 4.54. The molecule has 18 heavy (non-hydrogen) atoms. The van der Waals surface area contributed by atoms with Gasteiger partial charge in [0.25, 0.3) is 5.91 Å². The van der Waals surface area contributed by atoms with Crippen molar-refractivity contribution in [2.45, 2.75) is 31.3 Å². The zero-order valence-electron chi connectivity index (χ0n) is 11.1. The van der Waals surface area contributed by atoms with E-state index in [-0.39, 0.29) is 5.91 Å². The van der Waals surface area contributed by atoms with Gasteiger partial charge in [0.15, 0.2) is 0 Å². The van der Waals surface area contributed by atoms with Gasteiger partial charge in [-0.05, 0) is 24.6 Å². The molecule has 0 bridgehead atoms. The fraction of sp³-hybridized carbons (Fsp3) is 0.500. The number of nitrogen functional groups attached to an aromatic ring is 1. The van der Waals surface area contributed by atoms with Crippen LogP contribution < -0.4 is 5.73 Å². The maximum Gasteiger partial charge on any atom is 0.254 e. The van der Waals surface area contributed by atoms with Crippen LogP contribution >= 0.6 is 11.8 Å². The number of carbonyl (C=O) groups excluding carboxylic acids is 1. The average molecular weight is 264 g/mol. The van der Waals surface area contributed by atoms with Crippen LogP contribution in [0.5, 0.6) is 0 Å². The van der Waals surface area contributed by atoms with Crippen LogP contribution in [0.3, 0.4) is 0 Å². The van der Waals surface area contributed by atoms with Crippen molar-refractivity contribution in [2.24, 2.45) is 0 Å². The Bertz CT molecular complexity index is 451. The monoisotopic (exact) mass is 264 g/mol. The number of thioether (sulfide) groups is 1. The molecule has 4 heteroatoms. The van der Waals surface area contributed by atoms with Crippen molar-refractivity contribution in [1.29, 1.82) is 0 Å². The number of benzene rings is 1. The van der Waals surface area contributed by atoms with Gasteiger partial charge in [-0.1, -0.05) is 19.9 Å². The number of amides is 1. The van der Waals surface area contributed by atoms with Crippen LogP contribution in [0.25, 0.3) is 0 Å². The second-order valence-corrected chi connectivity index (χ2v) is 6.87. The second kappa shape index (κ2) is 5.22. The Kier molecular flexibility index (Phi) is 3.85. The third kappa shape index (κ3) is 2.64. The number of nitrogens with zero attached hydrogens (tertiary/aromatic N) is 1. The number of anilines is 1. The smallest absolute Gasteiger partial charge is 0.254 e. The van der Waals surface area contributed by atoms with Crippen molar-refractivity contribution < 1.29 is 4.79 Å². The molecular formula is C14H20N2OS. The van der Waals surface area contributed by atoms with Crippen molar-refractivity contribution in [3.63, 3.8) is 0 Å². The molecular weight excluding hydrogens is 244 g/mol. The summed E-state index contributed by atoms with van der Waals surface area (Å²) >= 11 is 1.95. The van der Waals surface area contributed by atoms with E-state index in [4.69, 9.17) is 5.73 Å². The van der Waals surface area contributed by atoms with Crippen LogP contribution in [0.15, 0.2) is 18.2 Å². The summed E-state index contributed by atoms with van der Waals surface area (Å²) in [6.07, 6.45) is 0. The van der Waals surface area contributed by atoms with Gasteiger partial charge in [-0.2, -0.15) is 11.8 Å². The van der Waals surface area contributed by atoms with Crippen molar-refractivity contribution in [1.82, 2.24) is 4.90 Å². The Morgan fingerprint density at radius 2 is 1.94 bits per heavy atom. The van der Waals surface area contributed by atoms with Crippen molar-refractivity contribution in [2.75, 3.05) is 18.8 Å². The molecule has 0 radical (unpaired) electrons. The van der Waals surface area contributed by atoms with Crippen molar-refractivity contribution >= 4 is 23.4 Å². The van der Waals surface area contributed by atoms with E-state index in [9.17, 15) is 4.79 Å². The van der Waals surface area contributed by atoms with Gasteiger partial charge in [0.05, 0.1) is 0 Å². The fourth-order valence-corrected chi connectivity index (χ4v) is 3.72. The zero-order chi connectivity index (χ0) is 13.3. The number of carbonyl (C=O) groups is 1. The second-order valence-electron chi connectivity index (χ2n) is 4.99. The summed E-state index contributed by atoms with van der Waals surface area (Å²) in [5.74, 6) is 0.110. The molecule has 0 spiro atoms. The van der Waals surface area contributed by atoms with Gasteiger partial charge in [0.1, 0.15) is 0 Å². The summed E-state index contributed by atoms with van der Waals surface area (Å²) in [6, 6.07) is 5.55. The highest BCUT2D eigenvalue weighted by atomic mass is 32.2. The molecule has 1 aromatic rings. The highest BCUT2D eigenvalue weighted by Gasteiger charge is 2.27. The minimum atomic E-state index is 0.110. The molecule has 2 atom stereocenters. The summed E-state index contributed by atoms with van der Waals surface area (Å²) in [4.78, 5) is 14.5. The third-order valence-electron chi connectivity index (χ3n) is 3.31. The molecule has 1 fully saturated rings. The summed E-state index contributed by atoms with van der Waals surface area (Å²) in [5, 5.41) is 0.998. The van der Waals surface area contributed by atoms with E-state index < -0.39 is 0 Å². The first-order valence-corrected chi connectivity index (χ1v) is 7.23. The Balaban J connectivity index is 2.23. The lowest BCUT2D eigenvalue weighted by Crippen LogP contribution is -2.44. The minimum absolute atomic E-state index is 0.110. The Hall–Kier alpha value is -1.16. The Morgan fingerprint density at radius 1 is 1.33 bits per heavy atom. The first-order chi connectivity index (χ1) is 8.49. The zero-order valence-corrected chi connectivity index (χ0v) is 12.0. The van der Waals surface area contributed by atoms with E-state index in [0.29, 0.717) is 16.2 Å². The molecule has 2 unspecified atom stereocenters. The normalized spacial score (nSPS) is 24.1. The van der Waals surface area contributed by atoms with Crippen molar-refractivity contribution in [3.8, 4) is 0 Å². The Morgan fingerprint density at radius 3 is 2.56 bits per heavy atom. The average Bonchev–Trinajstić information content (AvgIpc) is 2.30. The van der Waals surface area contributed by atoms with E-state index in [0.717, 1.165) is 24.2 Å². The molecule has 1 aromatic carbocycles. The predicted octanol–water partition coefficient (Wildman–Crippen LogP) is 2.54. The number of rotatable bonds is 1. The summed E-state index contributed by atoms with van der Waals surface area (Å²) in [6.45, 7) is 7.90. The van der Waals surface area contributed by atoms with Crippen molar-refractivity contribution in [3.05, 3.63) is 29.3 Å². The lowest BCUT2D eigenvalue weighted by Gasteiger charge is -2.35. The van der Waals surface area contributed by atoms with E-state index in [2.05, 4.69) is 13.8 Å². The molecule has 0 saturated carbocycles. The molecule has 1 aliphatic rings. The van der Waals surface area contributed by atoms with Gasteiger partial charge in [-0.15, -0.1) is 0 Å². The van der Waals surface area contributed by atoms with Gasteiger partial charge in [-0.25, -0.2) is 0 Å². The van der Waals surface area contributed by atoms with Crippen LogP contribution in [-0.2, 0) is 0 Å².